The monoisotopic (exact) mass is 267 g/mol. The van der Waals surface area contributed by atoms with Crippen LogP contribution >= 0.6 is 0 Å². The fourth-order valence-electron chi connectivity index (χ4n) is 1.36. The molecule has 0 saturated heterocycles. The molecule has 0 heterocycles. The van der Waals surface area contributed by atoms with Crippen molar-refractivity contribution in [2.75, 3.05) is 19.8 Å². The number of amides is 1. The molecule has 0 saturated carbocycles. The molecule has 0 spiro atoms. The summed E-state index contributed by atoms with van der Waals surface area (Å²) in [5.74, 6) is -1.14. The van der Waals surface area contributed by atoms with Gasteiger partial charge in [0.1, 0.15) is 0 Å². The van der Waals surface area contributed by atoms with E-state index in [1.54, 1.807) is 24.3 Å². The molecule has 104 valence electrons. The molecule has 19 heavy (non-hydrogen) atoms. The number of carboxylic acids is 1. The quantitative estimate of drug-likeness (QED) is 0.592. The molecule has 1 aromatic rings. The van der Waals surface area contributed by atoms with Crippen molar-refractivity contribution in [3.8, 4) is 0 Å². The van der Waals surface area contributed by atoms with Gasteiger partial charge in [0.15, 0.2) is 0 Å². The highest BCUT2D eigenvalue weighted by Gasteiger charge is 2.04. The number of rotatable bonds is 8. The normalized spacial score (nSPS) is 10.2. The number of ether oxygens (including phenoxy) is 1. The number of carboxylic acid groups (broad SMARTS) is 1. The number of carbonyl (C=O) groups is 2. The summed E-state index contributed by atoms with van der Waals surface area (Å²) in [4.78, 5) is 21.9. The van der Waals surface area contributed by atoms with E-state index in [4.69, 9.17) is 14.9 Å². The van der Waals surface area contributed by atoms with Gasteiger partial charge in [0.05, 0.1) is 26.2 Å². The van der Waals surface area contributed by atoms with E-state index in [1.807, 2.05) is 0 Å². The zero-order chi connectivity index (χ0) is 14.1. The molecule has 0 radical (unpaired) electrons. The maximum absolute atomic E-state index is 11.7. The Morgan fingerprint density at radius 2 is 1.84 bits per heavy atom. The van der Waals surface area contributed by atoms with Crippen molar-refractivity contribution in [1.29, 1.82) is 0 Å². The summed E-state index contributed by atoms with van der Waals surface area (Å²) >= 11 is 0. The lowest BCUT2D eigenvalue weighted by atomic mass is 10.1. The van der Waals surface area contributed by atoms with E-state index >= 15 is 0 Å². The van der Waals surface area contributed by atoms with Crippen LogP contribution in [0.3, 0.4) is 0 Å². The van der Waals surface area contributed by atoms with Crippen LogP contribution in [0.2, 0.25) is 0 Å². The van der Waals surface area contributed by atoms with Gasteiger partial charge in [0.2, 0.25) is 0 Å². The van der Waals surface area contributed by atoms with Crippen molar-refractivity contribution in [2.45, 2.75) is 13.0 Å². The molecule has 0 aliphatic rings. The summed E-state index contributed by atoms with van der Waals surface area (Å²) in [5.41, 5.74) is 1.25. The molecule has 0 atom stereocenters. The summed E-state index contributed by atoms with van der Waals surface area (Å²) in [6, 6.07) is 6.62. The molecule has 1 rings (SSSR count). The van der Waals surface area contributed by atoms with Gasteiger partial charge in [-0.25, -0.2) is 0 Å². The second-order valence-electron chi connectivity index (χ2n) is 3.87. The number of carbonyl (C=O) groups excluding carboxylic acids is 1. The van der Waals surface area contributed by atoms with Crippen molar-refractivity contribution >= 4 is 11.9 Å². The smallest absolute Gasteiger partial charge is 0.305 e. The lowest BCUT2D eigenvalue weighted by Crippen LogP contribution is -2.27. The van der Waals surface area contributed by atoms with Crippen molar-refractivity contribution in [1.82, 2.24) is 5.32 Å². The first-order chi connectivity index (χ1) is 9.13. The fourth-order valence-corrected chi connectivity index (χ4v) is 1.36. The molecule has 0 aliphatic heterocycles. The Morgan fingerprint density at radius 3 is 2.42 bits per heavy atom. The molecular weight excluding hydrogens is 250 g/mol. The van der Waals surface area contributed by atoms with E-state index in [0.717, 1.165) is 5.56 Å². The molecule has 0 aliphatic carbocycles. The van der Waals surface area contributed by atoms with Crippen LogP contribution in [0.5, 0.6) is 0 Å². The Morgan fingerprint density at radius 1 is 1.16 bits per heavy atom. The maximum Gasteiger partial charge on any atom is 0.305 e. The number of benzene rings is 1. The second-order valence-corrected chi connectivity index (χ2v) is 3.87. The predicted molar refractivity (Wildman–Crippen MR) is 67.8 cm³/mol. The minimum atomic E-state index is -0.909. The Balaban J connectivity index is 2.21. The minimum Gasteiger partial charge on any atom is -0.481 e. The number of hydrogen-bond acceptors (Lipinski definition) is 4. The number of aliphatic carboxylic acids is 1. The Kier molecular flexibility index (Phi) is 6.56. The molecule has 6 nitrogen and oxygen atoms in total. The predicted octanol–water partition coefficient (Wildman–Crippen LogP) is 0.400. The average molecular weight is 267 g/mol. The number of hydrogen-bond donors (Lipinski definition) is 3. The summed E-state index contributed by atoms with van der Waals surface area (Å²) in [7, 11) is 0. The van der Waals surface area contributed by atoms with Gasteiger partial charge in [-0.05, 0) is 17.7 Å². The summed E-state index contributed by atoms with van der Waals surface area (Å²) < 4.78 is 5.04. The third-order valence-corrected chi connectivity index (χ3v) is 2.39. The van der Waals surface area contributed by atoms with Crippen LogP contribution in [0.25, 0.3) is 0 Å². The molecule has 0 fully saturated rings. The lowest BCUT2D eigenvalue weighted by molar-refractivity contribution is -0.138. The maximum atomic E-state index is 11.7. The van der Waals surface area contributed by atoms with Crippen molar-refractivity contribution in [2.24, 2.45) is 0 Å². The lowest BCUT2D eigenvalue weighted by Gasteiger charge is -2.06. The highest BCUT2D eigenvalue weighted by Crippen LogP contribution is 2.03. The van der Waals surface area contributed by atoms with E-state index in [2.05, 4.69) is 5.32 Å². The fraction of sp³-hybridized carbons (Fsp3) is 0.385. The number of aliphatic hydroxyl groups excluding tert-OH is 1. The van der Waals surface area contributed by atoms with Crippen molar-refractivity contribution in [3.05, 3.63) is 35.4 Å². The third-order valence-electron chi connectivity index (χ3n) is 2.39. The van der Waals surface area contributed by atoms with Gasteiger partial charge in [0.25, 0.3) is 5.91 Å². The zero-order valence-corrected chi connectivity index (χ0v) is 10.5. The third kappa shape index (κ3) is 5.98. The first-order valence-corrected chi connectivity index (χ1v) is 5.91. The van der Waals surface area contributed by atoms with Crippen LogP contribution in [-0.4, -0.2) is 41.8 Å². The standard InChI is InChI=1S/C13H17NO5/c15-9-10-1-3-11(4-2-10)13(18)14-6-8-19-7-5-12(16)17/h1-4,15H,5-9H2,(H,14,18)(H,16,17). The molecular formula is C13H17NO5. The molecule has 1 amide bonds. The van der Waals surface area contributed by atoms with Crippen LogP contribution < -0.4 is 5.32 Å². The molecule has 1 aromatic carbocycles. The summed E-state index contributed by atoms with van der Waals surface area (Å²) in [5, 5.41) is 19.9. The van der Waals surface area contributed by atoms with Crippen LogP contribution in [0.15, 0.2) is 24.3 Å². The van der Waals surface area contributed by atoms with Gasteiger partial charge in [-0.2, -0.15) is 0 Å². The highest BCUT2D eigenvalue weighted by molar-refractivity contribution is 5.94. The SMILES string of the molecule is O=C(O)CCOCCNC(=O)c1ccc(CO)cc1. The molecule has 0 aromatic heterocycles. The van der Waals surface area contributed by atoms with Crippen LogP contribution in [-0.2, 0) is 16.1 Å². The van der Waals surface area contributed by atoms with Gasteiger partial charge in [-0.1, -0.05) is 12.1 Å². The van der Waals surface area contributed by atoms with Crippen molar-refractivity contribution in [3.63, 3.8) is 0 Å². The first kappa shape index (κ1) is 15.1. The van der Waals surface area contributed by atoms with Crippen LogP contribution in [0.4, 0.5) is 0 Å². The summed E-state index contributed by atoms with van der Waals surface area (Å²) in [6.07, 6.45) is -0.0451. The van der Waals surface area contributed by atoms with Crippen LogP contribution in [0, 0.1) is 0 Å². The minimum absolute atomic E-state index is 0.0451. The number of aliphatic hydroxyl groups is 1. The van der Waals surface area contributed by atoms with Gasteiger partial charge in [0, 0.05) is 12.1 Å². The van der Waals surface area contributed by atoms with E-state index in [1.165, 1.54) is 0 Å². The second kappa shape index (κ2) is 8.23. The van der Waals surface area contributed by atoms with Gasteiger partial charge >= 0.3 is 5.97 Å². The Labute approximate surface area is 111 Å². The highest BCUT2D eigenvalue weighted by atomic mass is 16.5. The molecule has 0 bridgehead atoms. The van der Waals surface area contributed by atoms with Crippen molar-refractivity contribution < 1.29 is 24.5 Å². The first-order valence-electron chi connectivity index (χ1n) is 5.91. The molecule has 0 unspecified atom stereocenters. The van der Waals surface area contributed by atoms with Crippen LogP contribution in [0.1, 0.15) is 22.3 Å². The Hall–Kier alpha value is -1.92. The van der Waals surface area contributed by atoms with Gasteiger partial charge < -0.3 is 20.3 Å². The summed E-state index contributed by atoms with van der Waals surface area (Å²) in [6.45, 7) is 0.670. The van der Waals surface area contributed by atoms with Gasteiger partial charge in [-0.3, -0.25) is 9.59 Å². The zero-order valence-electron chi connectivity index (χ0n) is 10.5. The van der Waals surface area contributed by atoms with E-state index in [-0.39, 0.29) is 32.1 Å². The Bertz CT molecular complexity index is 416. The number of nitrogens with one attached hydrogen (secondary N) is 1. The topological polar surface area (TPSA) is 95.9 Å². The van der Waals surface area contributed by atoms with E-state index in [0.29, 0.717) is 12.1 Å². The largest absolute Gasteiger partial charge is 0.481 e. The van der Waals surface area contributed by atoms with E-state index in [9.17, 15) is 9.59 Å². The average Bonchev–Trinajstić information content (AvgIpc) is 2.42. The molecule has 3 N–H and O–H groups in total. The van der Waals surface area contributed by atoms with E-state index < -0.39 is 5.97 Å². The van der Waals surface area contributed by atoms with Gasteiger partial charge in [-0.15, -0.1) is 0 Å². The molecule has 6 heteroatoms.